The number of rotatable bonds is 0. The molecule has 5 nitrogen and oxygen atoms in total. The number of benzene rings is 2. The van der Waals surface area contributed by atoms with Gasteiger partial charge in [-0.15, -0.1) is 0 Å². The number of nitrogen functional groups attached to an aromatic ring is 2. The summed E-state index contributed by atoms with van der Waals surface area (Å²) < 4.78 is 0. The average molecular weight is 263 g/mol. The Bertz CT molecular complexity index is 832. The molecule has 3 rings (SSSR count). The highest BCUT2D eigenvalue weighted by molar-refractivity contribution is 6.31. The van der Waals surface area contributed by atoms with Crippen molar-refractivity contribution < 1.29 is 9.59 Å². The third-order valence-electron chi connectivity index (χ3n) is 3.39. The van der Waals surface area contributed by atoms with Crippen molar-refractivity contribution in [2.45, 2.75) is 0 Å². The molecule has 4 N–H and O–H groups in total. The molecule has 0 unspecified atom stereocenters. The predicted octanol–water partition coefficient (Wildman–Crippen LogP) is 1.50. The first-order valence-electron chi connectivity index (χ1n) is 5.86. The maximum atomic E-state index is 12.5. The highest BCUT2D eigenvalue weighted by Gasteiger charge is 2.33. The normalized spacial score (nSPS) is 12.6. The lowest BCUT2D eigenvalue weighted by Crippen LogP contribution is -2.24. The summed E-state index contributed by atoms with van der Waals surface area (Å²) in [5.74, 6) is -0.722. The highest BCUT2D eigenvalue weighted by atomic mass is 16.1. The average Bonchev–Trinajstić information content (AvgIpc) is 2.46. The van der Waals surface area contributed by atoms with Gasteiger partial charge in [-0.1, -0.05) is 24.3 Å². The second-order valence-electron chi connectivity index (χ2n) is 4.49. The van der Waals surface area contributed by atoms with Crippen LogP contribution in [-0.4, -0.2) is 11.6 Å². The standard InChI is InChI=1S/C15H9N3O2/c16-6-7-5-10(17)11-12(13(7)18)15(20)9-4-2-1-3-8(9)14(11)19/h1-5H,17-18H2. The number of anilines is 2. The summed E-state index contributed by atoms with van der Waals surface area (Å²) >= 11 is 0. The van der Waals surface area contributed by atoms with Gasteiger partial charge < -0.3 is 11.5 Å². The smallest absolute Gasteiger partial charge is 0.196 e. The Morgan fingerprint density at radius 2 is 1.50 bits per heavy atom. The number of nitriles is 1. The van der Waals surface area contributed by atoms with E-state index in [2.05, 4.69) is 0 Å². The largest absolute Gasteiger partial charge is 0.398 e. The molecule has 96 valence electrons. The van der Waals surface area contributed by atoms with Gasteiger partial charge in [-0.3, -0.25) is 9.59 Å². The molecule has 2 aromatic rings. The molecule has 0 bridgehead atoms. The maximum absolute atomic E-state index is 12.5. The molecule has 0 heterocycles. The van der Waals surface area contributed by atoms with Gasteiger partial charge in [0.2, 0.25) is 0 Å². The van der Waals surface area contributed by atoms with E-state index in [-0.39, 0.29) is 45.2 Å². The molecule has 20 heavy (non-hydrogen) atoms. The zero-order valence-corrected chi connectivity index (χ0v) is 10.3. The van der Waals surface area contributed by atoms with Crippen LogP contribution < -0.4 is 11.5 Å². The van der Waals surface area contributed by atoms with Crippen LogP contribution >= 0.6 is 0 Å². The number of nitrogens with zero attached hydrogens (tertiary/aromatic N) is 1. The van der Waals surface area contributed by atoms with Crippen LogP contribution in [0.25, 0.3) is 0 Å². The molecule has 0 radical (unpaired) electrons. The lowest BCUT2D eigenvalue weighted by molar-refractivity contribution is 0.0980. The third kappa shape index (κ3) is 1.36. The molecule has 0 spiro atoms. The molecule has 0 aliphatic heterocycles. The predicted molar refractivity (Wildman–Crippen MR) is 73.3 cm³/mol. The lowest BCUT2D eigenvalue weighted by Gasteiger charge is -2.20. The van der Waals surface area contributed by atoms with E-state index in [4.69, 9.17) is 16.7 Å². The summed E-state index contributed by atoms with van der Waals surface area (Å²) in [7, 11) is 0. The van der Waals surface area contributed by atoms with E-state index in [1.54, 1.807) is 24.3 Å². The second kappa shape index (κ2) is 3.93. The Labute approximate surface area is 114 Å². The van der Waals surface area contributed by atoms with Gasteiger partial charge in [-0.05, 0) is 6.07 Å². The molecule has 0 fully saturated rings. The summed E-state index contributed by atoms with van der Waals surface area (Å²) in [6.07, 6.45) is 0. The van der Waals surface area contributed by atoms with Gasteiger partial charge in [0.1, 0.15) is 6.07 Å². The van der Waals surface area contributed by atoms with Gasteiger partial charge >= 0.3 is 0 Å². The van der Waals surface area contributed by atoms with E-state index in [1.807, 2.05) is 6.07 Å². The SMILES string of the molecule is N#Cc1cc(N)c2c(c1N)C(=O)c1ccccc1C2=O. The van der Waals surface area contributed by atoms with Crippen molar-refractivity contribution in [1.82, 2.24) is 0 Å². The van der Waals surface area contributed by atoms with Crippen LogP contribution in [0.4, 0.5) is 11.4 Å². The fourth-order valence-corrected chi connectivity index (χ4v) is 2.44. The number of carbonyl (C=O) groups is 2. The minimum absolute atomic E-state index is 0.00422. The first kappa shape index (κ1) is 11.9. The van der Waals surface area contributed by atoms with Crippen LogP contribution in [0.15, 0.2) is 30.3 Å². The van der Waals surface area contributed by atoms with E-state index in [0.717, 1.165) is 0 Å². The Morgan fingerprint density at radius 1 is 0.950 bits per heavy atom. The third-order valence-corrected chi connectivity index (χ3v) is 3.39. The summed E-state index contributed by atoms with van der Waals surface area (Å²) in [6, 6.07) is 9.69. The Hall–Kier alpha value is -3.13. The molecule has 0 saturated carbocycles. The number of nitrogens with two attached hydrogens (primary N) is 2. The van der Waals surface area contributed by atoms with E-state index >= 15 is 0 Å². The molecular weight excluding hydrogens is 254 g/mol. The molecule has 0 saturated heterocycles. The van der Waals surface area contributed by atoms with Gasteiger partial charge in [0, 0.05) is 16.8 Å². The van der Waals surface area contributed by atoms with Crippen molar-refractivity contribution >= 4 is 22.9 Å². The quantitative estimate of drug-likeness (QED) is 0.597. The van der Waals surface area contributed by atoms with E-state index < -0.39 is 0 Å². The van der Waals surface area contributed by atoms with Crippen LogP contribution in [0.3, 0.4) is 0 Å². The van der Waals surface area contributed by atoms with Crippen LogP contribution in [0, 0.1) is 11.3 Å². The summed E-state index contributed by atoms with van der Waals surface area (Å²) in [4.78, 5) is 25.0. The molecule has 1 aliphatic rings. The second-order valence-corrected chi connectivity index (χ2v) is 4.49. The van der Waals surface area contributed by atoms with E-state index in [0.29, 0.717) is 5.56 Å². The molecule has 2 aromatic carbocycles. The first-order valence-corrected chi connectivity index (χ1v) is 5.86. The highest BCUT2D eigenvalue weighted by Crippen LogP contribution is 2.35. The van der Waals surface area contributed by atoms with Crippen molar-refractivity contribution in [3.05, 3.63) is 58.1 Å². The number of carbonyl (C=O) groups excluding carboxylic acids is 2. The zero-order chi connectivity index (χ0) is 14.4. The Kier molecular flexibility index (Phi) is 2.35. The minimum Gasteiger partial charge on any atom is -0.398 e. The monoisotopic (exact) mass is 263 g/mol. The Morgan fingerprint density at radius 3 is 2.05 bits per heavy atom. The van der Waals surface area contributed by atoms with Gasteiger partial charge in [0.15, 0.2) is 11.6 Å². The molecule has 5 heteroatoms. The number of hydrogen-bond donors (Lipinski definition) is 2. The summed E-state index contributed by atoms with van der Waals surface area (Å²) in [6.45, 7) is 0. The number of fused-ring (bicyclic) bond motifs is 2. The molecule has 0 amide bonds. The van der Waals surface area contributed by atoms with Crippen LogP contribution in [-0.2, 0) is 0 Å². The molecule has 0 aromatic heterocycles. The molecular formula is C15H9N3O2. The fourth-order valence-electron chi connectivity index (χ4n) is 2.44. The lowest BCUT2D eigenvalue weighted by atomic mass is 9.81. The van der Waals surface area contributed by atoms with Crippen molar-refractivity contribution in [3.63, 3.8) is 0 Å². The van der Waals surface area contributed by atoms with Crippen molar-refractivity contribution in [2.75, 3.05) is 11.5 Å². The maximum Gasteiger partial charge on any atom is 0.196 e. The first-order chi connectivity index (χ1) is 9.56. The fraction of sp³-hybridized carbons (Fsp3) is 0. The van der Waals surface area contributed by atoms with E-state index in [9.17, 15) is 9.59 Å². The number of hydrogen-bond acceptors (Lipinski definition) is 5. The van der Waals surface area contributed by atoms with Crippen molar-refractivity contribution in [2.24, 2.45) is 0 Å². The zero-order valence-electron chi connectivity index (χ0n) is 10.3. The van der Waals surface area contributed by atoms with Crippen LogP contribution in [0.2, 0.25) is 0 Å². The summed E-state index contributed by atoms with van der Waals surface area (Å²) in [5, 5.41) is 9.01. The summed E-state index contributed by atoms with van der Waals surface area (Å²) in [5.41, 5.74) is 12.6. The van der Waals surface area contributed by atoms with Gasteiger partial charge in [0.25, 0.3) is 0 Å². The van der Waals surface area contributed by atoms with Crippen molar-refractivity contribution in [3.8, 4) is 6.07 Å². The topological polar surface area (TPSA) is 110 Å². The van der Waals surface area contributed by atoms with Gasteiger partial charge in [0.05, 0.1) is 22.4 Å². The van der Waals surface area contributed by atoms with Crippen molar-refractivity contribution in [1.29, 1.82) is 5.26 Å². The van der Waals surface area contributed by atoms with Crippen LogP contribution in [0.5, 0.6) is 0 Å². The van der Waals surface area contributed by atoms with Crippen LogP contribution in [0.1, 0.15) is 37.4 Å². The molecule has 1 aliphatic carbocycles. The van der Waals surface area contributed by atoms with E-state index in [1.165, 1.54) is 6.07 Å². The van der Waals surface area contributed by atoms with Gasteiger partial charge in [-0.2, -0.15) is 5.26 Å². The van der Waals surface area contributed by atoms with Gasteiger partial charge in [-0.25, -0.2) is 0 Å². The minimum atomic E-state index is -0.378. The number of ketones is 2. The Balaban J connectivity index is 2.43. The molecule has 0 atom stereocenters.